The summed E-state index contributed by atoms with van der Waals surface area (Å²) in [5, 5.41) is 39.1. The molecule has 0 aliphatic heterocycles. The smallest absolute Gasteiger partial charge is 0.844 e. The van der Waals surface area contributed by atoms with Gasteiger partial charge in [0.2, 0.25) is 0 Å². The van der Waals surface area contributed by atoms with Crippen LogP contribution in [0, 0.1) is 0 Å². The Hall–Kier alpha value is -0.111. The summed E-state index contributed by atoms with van der Waals surface area (Å²) in [4.78, 5) is 30.0. The van der Waals surface area contributed by atoms with Crippen LogP contribution in [0.25, 0.3) is 0 Å². The predicted octanol–water partition coefficient (Wildman–Crippen LogP) is -7.55. The fraction of sp³-hybridized carbons (Fsp3) is 0.500. The fourth-order valence-corrected chi connectivity index (χ4v) is 0.684. The van der Waals surface area contributed by atoms with E-state index in [-0.39, 0.29) is 46.6 Å². The number of rotatable bonds is 5. The molecular formula is C6H5FeNaO7. The quantitative estimate of drug-likeness (QED) is 0.488. The Balaban J connectivity index is -0.000000720. The van der Waals surface area contributed by atoms with E-state index in [4.69, 9.17) is 5.11 Å². The number of hydrogen-bond acceptors (Lipinski definition) is 6. The fourth-order valence-electron chi connectivity index (χ4n) is 0.684. The van der Waals surface area contributed by atoms with Crippen LogP contribution in [0.3, 0.4) is 0 Å². The molecule has 0 aromatic heterocycles. The monoisotopic (exact) mass is 268 g/mol. The van der Waals surface area contributed by atoms with Gasteiger partial charge in [-0.25, -0.2) is 0 Å². The van der Waals surface area contributed by atoms with Crippen LogP contribution in [0.4, 0.5) is 0 Å². The van der Waals surface area contributed by atoms with Crippen LogP contribution in [0.15, 0.2) is 0 Å². The Morgan fingerprint density at radius 2 is 1.53 bits per heavy atom. The zero-order chi connectivity index (χ0) is 10.6. The van der Waals surface area contributed by atoms with Crippen molar-refractivity contribution in [3.05, 3.63) is 0 Å². The molecule has 1 N–H and O–H groups in total. The molecule has 0 radical (unpaired) electrons. The topological polar surface area (TPSA) is 141 Å². The summed E-state index contributed by atoms with van der Waals surface area (Å²) in [5.41, 5.74) is -3.16. The van der Waals surface area contributed by atoms with Gasteiger partial charge in [-0.05, 0) is 6.42 Å². The van der Waals surface area contributed by atoms with Gasteiger partial charge in [-0.15, -0.1) is 0 Å². The second kappa shape index (κ2) is 8.09. The van der Waals surface area contributed by atoms with E-state index < -0.39 is 36.4 Å². The SMILES string of the molecule is O=C([O-])CC([O-])(CC(=O)O)C(=O)[O-].[Fe+2].[Na+]. The molecule has 15 heavy (non-hydrogen) atoms. The first-order chi connectivity index (χ1) is 5.78. The van der Waals surface area contributed by atoms with E-state index in [1.165, 1.54) is 0 Å². The van der Waals surface area contributed by atoms with Crippen molar-refractivity contribution in [2.75, 3.05) is 0 Å². The maximum Gasteiger partial charge on any atom is 2.00 e. The zero-order valence-corrected chi connectivity index (χ0v) is 10.8. The van der Waals surface area contributed by atoms with Crippen LogP contribution in [-0.4, -0.2) is 28.6 Å². The molecule has 0 heterocycles. The zero-order valence-electron chi connectivity index (χ0n) is 7.66. The summed E-state index contributed by atoms with van der Waals surface area (Å²) in [5.74, 6) is -5.90. The number of carboxylic acid groups (broad SMARTS) is 3. The van der Waals surface area contributed by atoms with E-state index in [0.717, 1.165) is 0 Å². The molecule has 1 unspecified atom stereocenters. The molecule has 0 rings (SSSR count). The molecule has 7 nitrogen and oxygen atoms in total. The van der Waals surface area contributed by atoms with Gasteiger partial charge >= 0.3 is 52.6 Å². The van der Waals surface area contributed by atoms with Gasteiger partial charge in [-0.3, -0.25) is 4.79 Å². The van der Waals surface area contributed by atoms with Gasteiger partial charge in [0.25, 0.3) is 0 Å². The van der Waals surface area contributed by atoms with Crippen molar-refractivity contribution < 1.29 is 81.4 Å². The Bertz CT molecular complexity index is 238. The van der Waals surface area contributed by atoms with E-state index in [0.29, 0.717) is 0 Å². The molecule has 0 fully saturated rings. The van der Waals surface area contributed by atoms with Crippen LogP contribution in [0.2, 0.25) is 0 Å². The van der Waals surface area contributed by atoms with E-state index in [1.54, 1.807) is 0 Å². The predicted molar refractivity (Wildman–Crippen MR) is 29.6 cm³/mol. The molecule has 1 atom stereocenters. The van der Waals surface area contributed by atoms with Crippen molar-refractivity contribution in [1.82, 2.24) is 0 Å². The Labute approximate surface area is 117 Å². The molecule has 0 aliphatic rings. The van der Waals surface area contributed by atoms with Gasteiger partial charge in [0.1, 0.15) is 0 Å². The third kappa shape index (κ3) is 7.78. The van der Waals surface area contributed by atoms with Crippen molar-refractivity contribution >= 4 is 17.9 Å². The number of carboxylic acids is 3. The third-order valence-corrected chi connectivity index (χ3v) is 1.24. The minimum absolute atomic E-state index is 0. The summed E-state index contributed by atoms with van der Waals surface area (Å²) in [7, 11) is 0. The van der Waals surface area contributed by atoms with Gasteiger partial charge in [0.15, 0.2) is 0 Å². The molecule has 0 amide bonds. The van der Waals surface area contributed by atoms with Gasteiger partial charge in [-0.2, -0.15) is 0 Å². The summed E-state index contributed by atoms with van der Waals surface area (Å²) in [6.07, 6.45) is -2.79. The van der Waals surface area contributed by atoms with Crippen LogP contribution in [0.5, 0.6) is 0 Å². The molecule has 0 aliphatic carbocycles. The molecule has 0 saturated heterocycles. The van der Waals surface area contributed by atoms with E-state index in [1.807, 2.05) is 0 Å². The maximum atomic E-state index is 11.0. The average Bonchev–Trinajstić information content (AvgIpc) is 1.82. The van der Waals surface area contributed by atoms with Crippen molar-refractivity contribution in [3.8, 4) is 0 Å². The minimum atomic E-state index is -3.16. The molecule has 80 valence electrons. The number of aliphatic carboxylic acids is 3. The molecule has 0 aromatic carbocycles. The minimum Gasteiger partial charge on any atom is -0.844 e. The first kappa shape index (κ1) is 20.3. The summed E-state index contributed by atoms with van der Waals surface area (Å²) in [6.45, 7) is 0. The van der Waals surface area contributed by atoms with Crippen LogP contribution in [0.1, 0.15) is 12.8 Å². The first-order valence-electron chi connectivity index (χ1n) is 3.11. The summed E-state index contributed by atoms with van der Waals surface area (Å²) < 4.78 is 0. The average molecular weight is 268 g/mol. The third-order valence-electron chi connectivity index (χ3n) is 1.24. The van der Waals surface area contributed by atoms with E-state index in [2.05, 4.69) is 0 Å². The van der Waals surface area contributed by atoms with E-state index in [9.17, 15) is 29.7 Å². The Morgan fingerprint density at radius 3 is 1.73 bits per heavy atom. The van der Waals surface area contributed by atoms with Crippen molar-refractivity contribution in [1.29, 1.82) is 0 Å². The molecule has 0 bridgehead atoms. The normalized spacial score (nSPS) is 12.6. The number of carbonyl (C=O) groups is 3. The van der Waals surface area contributed by atoms with Crippen LogP contribution >= 0.6 is 0 Å². The van der Waals surface area contributed by atoms with Gasteiger partial charge in [0.05, 0.1) is 0 Å². The molecule has 0 spiro atoms. The van der Waals surface area contributed by atoms with E-state index >= 15 is 0 Å². The van der Waals surface area contributed by atoms with Crippen molar-refractivity contribution in [2.45, 2.75) is 18.4 Å². The largest absolute Gasteiger partial charge is 2.00 e. The Kier molecular flexibility index (Phi) is 11.0. The summed E-state index contributed by atoms with van der Waals surface area (Å²) >= 11 is 0. The van der Waals surface area contributed by atoms with Gasteiger partial charge in [-0.1, -0.05) is 5.60 Å². The standard InChI is InChI=1S/C6H7O7.Fe.Na/c7-3(8)1-6(13,5(11)12)2-4(9)10;;/h1-2H2,(H,7,8)(H,9,10)(H,11,12);;/q-1;+2;+1/p-2. The van der Waals surface area contributed by atoms with Crippen LogP contribution in [-0.2, 0) is 31.5 Å². The summed E-state index contributed by atoms with van der Waals surface area (Å²) in [6, 6.07) is 0. The van der Waals surface area contributed by atoms with Crippen molar-refractivity contribution in [3.63, 3.8) is 0 Å². The number of carbonyl (C=O) groups excluding carboxylic acids is 2. The Morgan fingerprint density at radius 1 is 1.13 bits per heavy atom. The van der Waals surface area contributed by atoms with Gasteiger partial charge < -0.3 is 30.0 Å². The van der Waals surface area contributed by atoms with Gasteiger partial charge in [0, 0.05) is 18.4 Å². The molecule has 9 heteroatoms. The van der Waals surface area contributed by atoms with Crippen LogP contribution < -0.4 is 44.9 Å². The molecular weight excluding hydrogens is 263 g/mol. The number of hydrogen-bond donors (Lipinski definition) is 1. The second-order valence-corrected chi connectivity index (χ2v) is 2.40. The molecule has 0 aromatic rings. The first-order valence-corrected chi connectivity index (χ1v) is 3.11. The van der Waals surface area contributed by atoms with Crippen molar-refractivity contribution in [2.24, 2.45) is 0 Å². The maximum absolute atomic E-state index is 11.0. The molecule has 0 saturated carbocycles. The second-order valence-electron chi connectivity index (χ2n) is 2.40.